The lowest BCUT2D eigenvalue weighted by atomic mass is 9.98. The molecule has 3 heterocycles. The summed E-state index contributed by atoms with van der Waals surface area (Å²) >= 11 is 12.2. The Bertz CT molecular complexity index is 1330. The number of benzene rings is 2. The van der Waals surface area contributed by atoms with Crippen LogP contribution in [0.15, 0.2) is 36.4 Å². The molecule has 7 nitrogen and oxygen atoms in total. The highest BCUT2D eigenvalue weighted by molar-refractivity contribution is 6.42. The first-order chi connectivity index (χ1) is 17.6. The van der Waals surface area contributed by atoms with Crippen molar-refractivity contribution in [3.05, 3.63) is 74.8 Å². The predicted octanol–water partition coefficient (Wildman–Crippen LogP) is 6.33. The van der Waals surface area contributed by atoms with Crippen molar-refractivity contribution in [3.8, 4) is 5.75 Å². The van der Waals surface area contributed by atoms with Crippen LogP contribution in [0.25, 0.3) is 0 Å². The lowest BCUT2D eigenvalue weighted by molar-refractivity contribution is -0.137. The Balaban J connectivity index is 1.35. The average Bonchev–Trinajstić information content (AvgIpc) is 3.48. The van der Waals surface area contributed by atoms with E-state index in [2.05, 4.69) is 15.5 Å². The Labute approximate surface area is 221 Å². The van der Waals surface area contributed by atoms with Crippen molar-refractivity contribution in [2.75, 3.05) is 13.2 Å². The number of ether oxygens (including phenoxy) is 1. The minimum absolute atomic E-state index is 0.140. The number of likely N-dealkylation sites (tertiary alicyclic amines) is 1. The molecule has 0 saturated carbocycles. The van der Waals surface area contributed by atoms with Crippen molar-refractivity contribution in [3.63, 3.8) is 0 Å². The number of hydrogen-bond acceptors (Lipinski definition) is 4. The highest BCUT2D eigenvalue weighted by Crippen LogP contribution is 2.39. The first-order valence-electron chi connectivity index (χ1n) is 11.9. The van der Waals surface area contributed by atoms with E-state index < -0.39 is 17.8 Å². The quantitative estimate of drug-likeness (QED) is 0.409. The Morgan fingerprint density at radius 1 is 1.14 bits per heavy atom. The topological polar surface area (TPSA) is 72.3 Å². The summed E-state index contributed by atoms with van der Waals surface area (Å²) in [6.45, 7) is 3.05. The fourth-order valence-corrected chi connectivity index (χ4v) is 5.21. The van der Waals surface area contributed by atoms with Crippen LogP contribution in [0, 0.1) is 6.92 Å². The lowest BCUT2D eigenvalue weighted by Gasteiger charge is -2.31. The van der Waals surface area contributed by atoms with E-state index in [1.54, 1.807) is 17.0 Å². The van der Waals surface area contributed by atoms with Gasteiger partial charge in [-0.05, 0) is 49.6 Å². The zero-order valence-corrected chi connectivity index (χ0v) is 21.4. The molecule has 2 amide bonds. The molecule has 2 aliphatic heterocycles. The minimum atomic E-state index is -4.47. The molecule has 3 aromatic rings. The van der Waals surface area contributed by atoms with Gasteiger partial charge in [0.05, 0.1) is 40.8 Å². The summed E-state index contributed by atoms with van der Waals surface area (Å²) in [5.74, 6) is 1.51. The Kier molecular flexibility index (Phi) is 6.97. The number of amides is 2. The number of fused-ring (bicyclic) bond motifs is 1. The first-order valence-corrected chi connectivity index (χ1v) is 12.6. The number of hydrogen-bond donors (Lipinski definition) is 1. The molecule has 12 heteroatoms. The van der Waals surface area contributed by atoms with Crippen molar-refractivity contribution in [1.29, 1.82) is 0 Å². The fourth-order valence-electron chi connectivity index (χ4n) is 4.89. The smallest absolute Gasteiger partial charge is 0.416 e. The molecule has 5 rings (SSSR count). The number of aryl methyl sites for hydroxylation is 1. The number of aromatic nitrogens is 3. The van der Waals surface area contributed by atoms with Crippen LogP contribution in [0.2, 0.25) is 10.0 Å². The normalized spacial score (nSPS) is 19.5. The zero-order valence-electron chi connectivity index (χ0n) is 19.9. The molecule has 2 atom stereocenters. The summed E-state index contributed by atoms with van der Waals surface area (Å²) in [7, 11) is 0. The second kappa shape index (κ2) is 10.1. The van der Waals surface area contributed by atoms with E-state index in [-0.39, 0.29) is 24.4 Å². The molecule has 2 aromatic carbocycles. The van der Waals surface area contributed by atoms with E-state index in [0.29, 0.717) is 53.2 Å². The van der Waals surface area contributed by atoms with Crippen molar-refractivity contribution in [2.45, 2.75) is 51.0 Å². The van der Waals surface area contributed by atoms with Crippen molar-refractivity contribution < 1.29 is 22.7 Å². The van der Waals surface area contributed by atoms with Crippen molar-refractivity contribution in [1.82, 2.24) is 25.0 Å². The lowest BCUT2D eigenvalue weighted by Crippen LogP contribution is -2.43. The SMILES string of the molecule is Cc1nnc([C@H]2CCCN2C(=O)N[C@H]2CCOc3cc(C(F)(F)F)ccc32)n1Cc1ccc(Cl)c(Cl)c1. The Morgan fingerprint density at radius 3 is 2.70 bits per heavy atom. The number of nitrogens with zero attached hydrogens (tertiary/aromatic N) is 4. The average molecular weight is 554 g/mol. The molecule has 1 saturated heterocycles. The summed E-state index contributed by atoms with van der Waals surface area (Å²) in [6.07, 6.45) is -2.51. The third-order valence-electron chi connectivity index (χ3n) is 6.78. The van der Waals surface area contributed by atoms with Gasteiger partial charge in [0.1, 0.15) is 11.6 Å². The van der Waals surface area contributed by atoms with E-state index in [0.717, 1.165) is 24.1 Å². The number of carbonyl (C=O) groups is 1. The molecule has 1 aromatic heterocycles. The van der Waals surface area contributed by atoms with Crippen LogP contribution in [-0.4, -0.2) is 38.8 Å². The summed E-state index contributed by atoms with van der Waals surface area (Å²) in [4.78, 5) is 15.1. The third kappa shape index (κ3) is 5.22. The van der Waals surface area contributed by atoms with E-state index >= 15 is 0 Å². The van der Waals surface area contributed by atoms with Crippen molar-refractivity contribution >= 4 is 29.2 Å². The minimum Gasteiger partial charge on any atom is -0.493 e. The standard InChI is InChI=1S/C25H24Cl2F3N5O2/c1-14-32-33-23(35(14)13-15-4-7-18(26)19(27)11-15)21-3-2-9-34(21)24(36)31-20-8-10-37-22-12-16(25(28,29)30)5-6-17(20)22/h4-7,11-12,20-21H,2-3,8-10,13H2,1H3,(H,31,36)/t20-,21+/m0/s1. The second-order valence-corrected chi connectivity index (χ2v) is 10.00. The molecule has 0 spiro atoms. The van der Waals surface area contributed by atoms with Gasteiger partial charge in [-0.3, -0.25) is 0 Å². The van der Waals surface area contributed by atoms with Gasteiger partial charge in [0.25, 0.3) is 0 Å². The Hall–Kier alpha value is -2.98. The van der Waals surface area contributed by atoms with E-state index in [1.165, 1.54) is 6.07 Å². The summed E-state index contributed by atoms with van der Waals surface area (Å²) < 4.78 is 46.8. The predicted molar refractivity (Wildman–Crippen MR) is 132 cm³/mol. The number of urea groups is 1. The van der Waals surface area contributed by atoms with Gasteiger partial charge in [-0.2, -0.15) is 13.2 Å². The molecule has 0 aliphatic carbocycles. The fraction of sp³-hybridized carbons (Fsp3) is 0.400. The van der Waals surface area contributed by atoms with Gasteiger partial charge in [0.15, 0.2) is 5.82 Å². The number of nitrogens with one attached hydrogen (secondary N) is 1. The number of carbonyl (C=O) groups excluding carboxylic acids is 1. The van der Waals surface area contributed by atoms with Crippen LogP contribution in [-0.2, 0) is 12.7 Å². The largest absolute Gasteiger partial charge is 0.493 e. The molecule has 1 N–H and O–H groups in total. The second-order valence-electron chi connectivity index (χ2n) is 9.18. The number of alkyl halides is 3. The van der Waals surface area contributed by atoms with Gasteiger partial charge >= 0.3 is 12.2 Å². The molecule has 196 valence electrons. The summed E-state index contributed by atoms with van der Waals surface area (Å²) in [5.41, 5.74) is 0.668. The van der Waals surface area contributed by atoms with Crippen molar-refractivity contribution in [2.24, 2.45) is 0 Å². The maximum atomic E-state index is 13.4. The molecular formula is C25H24Cl2F3N5O2. The summed E-state index contributed by atoms with van der Waals surface area (Å²) in [6, 6.07) is 7.72. The Morgan fingerprint density at radius 2 is 1.95 bits per heavy atom. The number of halogens is 5. The van der Waals surface area contributed by atoms with Gasteiger partial charge < -0.3 is 19.5 Å². The highest BCUT2D eigenvalue weighted by Gasteiger charge is 2.37. The monoisotopic (exact) mass is 553 g/mol. The van der Waals surface area contributed by atoms with Gasteiger partial charge in [-0.15, -0.1) is 10.2 Å². The third-order valence-corrected chi connectivity index (χ3v) is 7.52. The molecule has 0 radical (unpaired) electrons. The number of rotatable bonds is 4. The van der Waals surface area contributed by atoms with Crippen LogP contribution < -0.4 is 10.1 Å². The maximum Gasteiger partial charge on any atom is 0.416 e. The van der Waals surface area contributed by atoms with Gasteiger partial charge in [0, 0.05) is 18.5 Å². The van der Waals surface area contributed by atoms with Gasteiger partial charge in [0.2, 0.25) is 0 Å². The zero-order chi connectivity index (χ0) is 26.3. The van der Waals surface area contributed by atoms with Crippen LogP contribution in [0.5, 0.6) is 5.75 Å². The van der Waals surface area contributed by atoms with E-state index in [9.17, 15) is 18.0 Å². The van der Waals surface area contributed by atoms with E-state index in [1.807, 2.05) is 17.6 Å². The van der Waals surface area contributed by atoms with Gasteiger partial charge in [-0.25, -0.2) is 4.79 Å². The molecule has 2 aliphatic rings. The summed E-state index contributed by atoms with van der Waals surface area (Å²) in [5, 5.41) is 12.6. The maximum absolute atomic E-state index is 13.4. The van der Waals surface area contributed by atoms with Crippen LogP contribution >= 0.6 is 23.2 Å². The van der Waals surface area contributed by atoms with Crippen LogP contribution in [0.4, 0.5) is 18.0 Å². The molecule has 0 unspecified atom stereocenters. The van der Waals surface area contributed by atoms with E-state index in [4.69, 9.17) is 27.9 Å². The highest BCUT2D eigenvalue weighted by atomic mass is 35.5. The van der Waals surface area contributed by atoms with Gasteiger partial charge in [-0.1, -0.05) is 35.3 Å². The molecular weight excluding hydrogens is 530 g/mol. The first kappa shape index (κ1) is 25.7. The van der Waals surface area contributed by atoms with Crippen LogP contribution in [0.3, 0.4) is 0 Å². The van der Waals surface area contributed by atoms with Crippen LogP contribution in [0.1, 0.15) is 59.7 Å². The molecule has 0 bridgehead atoms. The molecule has 37 heavy (non-hydrogen) atoms. The molecule has 1 fully saturated rings.